The van der Waals surface area contributed by atoms with Crippen LogP contribution < -0.4 is 0 Å². The molecule has 0 aromatic heterocycles. The number of aryl methyl sites for hydroxylation is 1. The SMILES string of the molecule is Cc1ccc2c3ccccc3c3ccc4ccccc4c3c2c1. The van der Waals surface area contributed by atoms with Crippen molar-refractivity contribution in [2.75, 3.05) is 0 Å². The smallest absolute Gasteiger partial charge is 0.00203 e. The Kier molecular flexibility index (Phi) is 2.51. The van der Waals surface area contributed by atoms with Crippen LogP contribution in [0.4, 0.5) is 0 Å². The molecule has 5 aromatic carbocycles. The summed E-state index contributed by atoms with van der Waals surface area (Å²) in [5, 5.41) is 10.7. The van der Waals surface area contributed by atoms with E-state index in [-0.39, 0.29) is 0 Å². The molecule has 0 N–H and O–H groups in total. The van der Waals surface area contributed by atoms with Gasteiger partial charge in [-0.25, -0.2) is 0 Å². The molecule has 0 heterocycles. The van der Waals surface area contributed by atoms with Gasteiger partial charge in [0.2, 0.25) is 0 Å². The van der Waals surface area contributed by atoms with Crippen molar-refractivity contribution in [1.29, 1.82) is 0 Å². The molecule has 0 bridgehead atoms. The van der Waals surface area contributed by atoms with E-state index in [0.717, 1.165) is 0 Å². The Morgan fingerprint density at radius 3 is 1.91 bits per heavy atom. The fourth-order valence-corrected chi connectivity index (χ4v) is 3.84. The zero-order valence-electron chi connectivity index (χ0n) is 13.0. The second-order valence-electron chi connectivity index (χ2n) is 6.30. The molecule has 0 heteroatoms. The van der Waals surface area contributed by atoms with E-state index < -0.39 is 0 Å². The van der Waals surface area contributed by atoms with Crippen LogP contribution in [0.1, 0.15) is 5.56 Å². The fraction of sp³-hybridized carbons (Fsp3) is 0.0435. The quantitative estimate of drug-likeness (QED) is 0.282. The van der Waals surface area contributed by atoms with Crippen molar-refractivity contribution in [2.45, 2.75) is 6.92 Å². The molecule has 0 saturated heterocycles. The summed E-state index contributed by atoms with van der Waals surface area (Å²) in [4.78, 5) is 0. The van der Waals surface area contributed by atoms with Gasteiger partial charge >= 0.3 is 0 Å². The first-order valence-corrected chi connectivity index (χ1v) is 8.05. The summed E-state index contributed by atoms with van der Waals surface area (Å²) >= 11 is 0. The van der Waals surface area contributed by atoms with Gasteiger partial charge in [0.15, 0.2) is 0 Å². The van der Waals surface area contributed by atoms with Crippen molar-refractivity contribution in [1.82, 2.24) is 0 Å². The Labute approximate surface area is 135 Å². The largest absolute Gasteiger partial charge is 0.0616 e. The van der Waals surface area contributed by atoms with Gasteiger partial charge < -0.3 is 0 Å². The van der Waals surface area contributed by atoms with Crippen molar-refractivity contribution in [3.8, 4) is 0 Å². The van der Waals surface area contributed by atoms with E-state index in [9.17, 15) is 0 Å². The van der Waals surface area contributed by atoms with Gasteiger partial charge in [-0.15, -0.1) is 0 Å². The summed E-state index contributed by atoms with van der Waals surface area (Å²) in [5.74, 6) is 0. The predicted octanol–water partition coefficient (Wildman–Crippen LogP) is 6.61. The molecular formula is C23H16. The minimum Gasteiger partial charge on any atom is -0.0616 e. The Morgan fingerprint density at radius 1 is 0.478 bits per heavy atom. The number of hydrogen-bond acceptors (Lipinski definition) is 0. The Hall–Kier alpha value is -2.86. The Morgan fingerprint density at radius 2 is 1.09 bits per heavy atom. The molecule has 0 aliphatic rings. The highest BCUT2D eigenvalue weighted by Crippen LogP contribution is 2.38. The summed E-state index contributed by atoms with van der Waals surface area (Å²) in [7, 11) is 0. The van der Waals surface area contributed by atoms with E-state index >= 15 is 0 Å². The predicted molar refractivity (Wildman–Crippen MR) is 101 cm³/mol. The lowest BCUT2D eigenvalue weighted by Crippen LogP contribution is -1.85. The monoisotopic (exact) mass is 292 g/mol. The van der Waals surface area contributed by atoms with E-state index in [1.54, 1.807) is 0 Å². The van der Waals surface area contributed by atoms with Crippen LogP contribution >= 0.6 is 0 Å². The molecule has 0 unspecified atom stereocenters. The molecule has 5 rings (SSSR count). The summed E-state index contributed by atoms with van der Waals surface area (Å²) < 4.78 is 0. The molecule has 0 aliphatic carbocycles. The van der Waals surface area contributed by atoms with E-state index in [1.807, 2.05) is 0 Å². The molecule has 0 nitrogen and oxygen atoms in total. The number of rotatable bonds is 0. The van der Waals surface area contributed by atoms with E-state index in [2.05, 4.69) is 85.8 Å². The first kappa shape index (κ1) is 12.7. The summed E-state index contributed by atoms with van der Waals surface area (Å²) in [5.41, 5.74) is 1.31. The van der Waals surface area contributed by atoms with Gasteiger partial charge in [0, 0.05) is 0 Å². The third kappa shape index (κ3) is 1.72. The lowest BCUT2D eigenvalue weighted by molar-refractivity contribution is 1.51. The fourth-order valence-electron chi connectivity index (χ4n) is 3.84. The van der Waals surface area contributed by atoms with Gasteiger partial charge in [0.05, 0.1) is 0 Å². The molecule has 0 fully saturated rings. The number of hydrogen-bond donors (Lipinski definition) is 0. The van der Waals surface area contributed by atoms with Crippen LogP contribution in [-0.4, -0.2) is 0 Å². The highest BCUT2D eigenvalue weighted by atomic mass is 14.1. The molecule has 0 saturated carbocycles. The Balaban J connectivity index is 2.23. The number of fused-ring (bicyclic) bond motifs is 8. The van der Waals surface area contributed by atoms with Crippen molar-refractivity contribution >= 4 is 43.1 Å². The van der Waals surface area contributed by atoms with Gasteiger partial charge in [0.1, 0.15) is 0 Å². The van der Waals surface area contributed by atoms with Crippen LogP contribution in [-0.2, 0) is 0 Å². The van der Waals surface area contributed by atoms with Crippen LogP contribution in [0.3, 0.4) is 0 Å². The molecule has 108 valence electrons. The zero-order valence-corrected chi connectivity index (χ0v) is 13.0. The molecule has 0 aliphatic heterocycles. The van der Waals surface area contributed by atoms with Crippen LogP contribution in [0.25, 0.3) is 43.1 Å². The lowest BCUT2D eigenvalue weighted by Gasteiger charge is -2.13. The maximum atomic E-state index is 2.33. The second kappa shape index (κ2) is 4.57. The van der Waals surface area contributed by atoms with Gasteiger partial charge in [-0.2, -0.15) is 0 Å². The van der Waals surface area contributed by atoms with Crippen LogP contribution in [0, 0.1) is 6.92 Å². The highest BCUT2D eigenvalue weighted by Gasteiger charge is 2.10. The standard InChI is InChI=1S/C23H16/c1-15-10-12-20-18-8-4-5-9-19(18)21-13-11-16-6-2-3-7-17(16)23(21)22(20)14-15/h2-14H,1H3. The highest BCUT2D eigenvalue weighted by molar-refractivity contribution is 6.31. The molecule has 0 radical (unpaired) electrons. The molecule has 5 aromatic rings. The van der Waals surface area contributed by atoms with Gasteiger partial charge in [-0.05, 0) is 50.0 Å². The van der Waals surface area contributed by atoms with E-state index in [0.29, 0.717) is 0 Å². The minimum atomic E-state index is 1.30. The van der Waals surface area contributed by atoms with E-state index in [4.69, 9.17) is 0 Å². The molecule has 0 atom stereocenters. The number of benzene rings is 5. The van der Waals surface area contributed by atoms with Crippen molar-refractivity contribution < 1.29 is 0 Å². The Bertz CT molecular complexity index is 1210. The summed E-state index contributed by atoms with van der Waals surface area (Å²) in [6.45, 7) is 2.17. The normalized spacial score (nSPS) is 11.7. The van der Waals surface area contributed by atoms with Crippen LogP contribution in [0.15, 0.2) is 78.9 Å². The van der Waals surface area contributed by atoms with Crippen LogP contribution in [0.2, 0.25) is 0 Å². The van der Waals surface area contributed by atoms with Crippen LogP contribution in [0.5, 0.6) is 0 Å². The molecule has 23 heavy (non-hydrogen) atoms. The average molecular weight is 292 g/mol. The van der Waals surface area contributed by atoms with Gasteiger partial charge in [-0.1, -0.05) is 84.4 Å². The van der Waals surface area contributed by atoms with Gasteiger partial charge in [0.25, 0.3) is 0 Å². The third-order valence-electron chi connectivity index (χ3n) is 4.88. The average Bonchev–Trinajstić information content (AvgIpc) is 2.61. The summed E-state index contributed by atoms with van der Waals surface area (Å²) in [6.07, 6.45) is 0. The summed E-state index contributed by atoms with van der Waals surface area (Å²) in [6, 6.07) is 28.8. The molecule has 0 spiro atoms. The van der Waals surface area contributed by atoms with Crippen molar-refractivity contribution in [3.63, 3.8) is 0 Å². The first-order chi connectivity index (χ1) is 11.3. The molecule has 0 amide bonds. The third-order valence-corrected chi connectivity index (χ3v) is 4.88. The van der Waals surface area contributed by atoms with Crippen molar-refractivity contribution in [3.05, 3.63) is 84.4 Å². The minimum absolute atomic E-state index is 1.30. The van der Waals surface area contributed by atoms with E-state index in [1.165, 1.54) is 48.7 Å². The van der Waals surface area contributed by atoms with Gasteiger partial charge in [-0.3, -0.25) is 0 Å². The first-order valence-electron chi connectivity index (χ1n) is 8.05. The molecular weight excluding hydrogens is 276 g/mol. The van der Waals surface area contributed by atoms with Crippen molar-refractivity contribution in [2.24, 2.45) is 0 Å². The maximum Gasteiger partial charge on any atom is -0.00203 e. The lowest BCUT2D eigenvalue weighted by atomic mass is 9.90. The second-order valence-corrected chi connectivity index (χ2v) is 6.30. The zero-order chi connectivity index (χ0) is 15.4. The topological polar surface area (TPSA) is 0 Å². The maximum absolute atomic E-state index is 2.33.